The standard InChI is InChI=1S/C19H22BrN3O3S/c1-13-4-3-5-14(2)23(13)27(25,26)18-8-6-17(7-9-18)22-19(24)15-10-16(20)12-21-11-15/h6-14H,3-5H2,1-2H3,(H,22,24)/t13-,14+. The van der Waals surface area contributed by atoms with Crippen molar-refractivity contribution >= 4 is 37.5 Å². The van der Waals surface area contributed by atoms with Crippen molar-refractivity contribution in [2.45, 2.75) is 50.1 Å². The number of sulfonamides is 1. The fourth-order valence-electron chi connectivity index (χ4n) is 3.44. The molecule has 2 aromatic rings. The minimum absolute atomic E-state index is 0.0119. The number of hydrogen-bond donors (Lipinski definition) is 1. The van der Waals surface area contributed by atoms with E-state index in [0.29, 0.717) is 15.7 Å². The maximum atomic E-state index is 13.0. The third-order valence-corrected chi connectivity index (χ3v) is 7.34. The second-order valence-corrected chi connectivity index (χ2v) is 9.59. The Morgan fingerprint density at radius 3 is 2.37 bits per heavy atom. The summed E-state index contributed by atoms with van der Waals surface area (Å²) in [4.78, 5) is 16.5. The van der Waals surface area contributed by atoms with Crippen LogP contribution in [0.15, 0.2) is 52.1 Å². The lowest BCUT2D eigenvalue weighted by Crippen LogP contribution is -2.47. The molecule has 1 saturated heterocycles. The largest absolute Gasteiger partial charge is 0.322 e. The third-order valence-electron chi connectivity index (χ3n) is 4.77. The maximum absolute atomic E-state index is 13.0. The van der Waals surface area contributed by atoms with Crippen LogP contribution in [0.4, 0.5) is 5.69 Å². The number of piperidine rings is 1. The van der Waals surface area contributed by atoms with Crippen LogP contribution in [0.25, 0.3) is 0 Å². The molecule has 0 aliphatic carbocycles. The summed E-state index contributed by atoms with van der Waals surface area (Å²) in [6.07, 6.45) is 5.86. The number of hydrogen-bond acceptors (Lipinski definition) is 4. The van der Waals surface area contributed by atoms with E-state index in [-0.39, 0.29) is 22.9 Å². The molecule has 0 unspecified atom stereocenters. The lowest BCUT2D eigenvalue weighted by Gasteiger charge is -2.37. The van der Waals surface area contributed by atoms with Crippen LogP contribution in [-0.2, 0) is 10.0 Å². The van der Waals surface area contributed by atoms with Crippen molar-refractivity contribution < 1.29 is 13.2 Å². The number of carbonyl (C=O) groups is 1. The van der Waals surface area contributed by atoms with Crippen LogP contribution in [0.2, 0.25) is 0 Å². The molecule has 1 amide bonds. The minimum Gasteiger partial charge on any atom is -0.322 e. The van der Waals surface area contributed by atoms with E-state index in [9.17, 15) is 13.2 Å². The molecule has 1 aromatic carbocycles. The Morgan fingerprint density at radius 2 is 1.78 bits per heavy atom. The number of halogens is 1. The molecule has 2 atom stereocenters. The maximum Gasteiger partial charge on any atom is 0.257 e. The first-order chi connectivity index (χ1) is 12.8. The van der Waals surface area contributed by atoms with Gasteiger partial charge < -0.3 is 5.32 Å². The Kier molecular flexibility index (Phi) is 5.98. The average Bonchev–Trinajstić information content (AvgIpc) is 2.62. The summed E-state index contributed by atoms with van der Waals surface area (Å²) in [6, 6.07) is 7.94. The first-order valence-corrected chi connectivity index (χ1v) is 11.1. The van der Waals surface area contributed by atoms with Crippen LogP contribution in [0.1, 0.15) is 43.5 Å². The van der Waals surface area contributed by atoms with Crippen LogP contribution < -0.4 is 5.32 Å². The van der Waals surface area contributed by atoms with E-state index in [1.807, 2.05) is 13.8 Å². The van der Waals surface area contributed by atoms with Crippen molar-refractivity contribution in [1.82, 2.24) is 9.29 Å². The van der Waals surface area contributed by atoms with Gasteiger partial charge in [-0.3, -0.25) is 9.78 Å². The van der Waals surface area contributed by atoms with Gasteiger partial charge in [0.1, 0.15) is 0 Å². The van der Waals surface area contributed by atoms with Crippen molar-refractivity contribution in [2.24, 2.45) is 0 Å². The highest BCUT2D eigenvalue weighted by Gasteiger charge is 2.35. The van der Waals surface area contributed by atoms with E-state index in [1.165, 1.54) is 18.3 Å². The zero-order valence-electron chi connectivity index (χ0n) is 15.2. The van der Waals surface area contributed by atoms with E-state index in [0.717, 1.165) is 19.3 Å². The van der Waals surface area contributed by atoms with Gasteiger partial charge >= 0.3 is 0 Å². The first kappa shape index (κ1) is 20.0. The summed E-state index contributed by atoms with van der Waals surface area (Å²) in [6.45, 7) is 3.90. The van der Waals surface area contributed by atoms with Gasteiger partial charge in [0.15, 0.2) is 0 Å². The van der Waals surface area contributed by atoms with Crippen LogP contribution in [0.3, 0.4) is 0 Å². The molecule has 8 heteroatoms. The van der Waals surface area contributed by atoms with Crippen LogP contribution in [0, 0.1) is 0 Å². The number of pyridine rings is 1. The van der Waals surface area contributed by atoms with Gasteiger partial charge in [0.25, 0.3) is 5.91 Å². The van der Waals surface area contributed by atoms with Crippen molar-refractivity contribution in [3.8, 4) is 0 Å². The summed E-state index contributed by atoms with van der Waals surface area (Å²) >= 11 is 3.28. The predicted molar refractivity (Wildman–Crippen MR) is 108 cm³/mol. The highest BCUT2D eigenvalue weighted by Crippen LogP contribution is 2.30. The molecule has 6 nitrogen and oxygen atoms in total. The van der Waals surface area contributed by atoms with Gasteiger partial charge in [-0.1, -0.05) is 6.42 Å². The molecule has 1 fully saturated rings. The Bertz CT molecular complexity index is 921. The molecule has 2 heterocycles. The average molecular weight is 452 g/mol. The molecule has 27 heavy (non-hydrogen) atoms. The van der Waals surface area contributed by atoms with E-state index in [1.54, 1.807) is 28.7 Å². The molecule has 144 valence electrons. The zero-order chi connectivity index (χ0) is 19.6. The summed E-state index contributed by atoms with van der Waals surface area (Å²) < 4.78 is 28.4. The highest BCUT2D eigenvalue weighted by atomic mass is 79.9. The van der Waals surface area contributed by atoms with Crippen LogP contribution in [0.5, 0.6) is 0 Å². The monoisotopic (exact) mass is 451 g/mol. The number of carbonyl (C=O) groups excluding carboxylic acids is 1. The van der Waals surface area contributed by atoms with Gasteiger partial charge in [-0.2, -0.15) is 4.31 Å². The summed E-state index contributed by atoms with van der Waals surface area (Å²) in [5.74, 6) is -0.308. The molecule has 1 aromatic heterocycles. The highest BCUT2D eigenvalue weighted by molar-refractivity contribution is 9.10. The number of anilines is 1. The third kappa shape index (κ3) is 4.39. The SMILES string of the molecule is C[C@@H]1CCC[C@H](C)N1S(=O)(=O)c1ccc(NC(=O)c2cncc(Br)c2)cc1. The minimum atomic E-state index is -3.56. The van der Waals surface area contributed by atoms with Gasteiger partial charge in [0, 0.05) is 34.6 Å². The van der Waals surface area contributed by atoms with E-state index in [2.05, 4.69) is 26.2 Å². The normalized spacial score (nSPS) is 21.0. The number of benzene rings is 1. The van der Waals surface area contributed by atoms with E-state index in [4.69, 9.17) is 0 Å². The van der Waals surface area contributed by atoms with E-state index < -0.39 is 10.0 Å². The molecule has 0 bridgehead atoms. The van der Waals surface area contributed by atoms with Gasteiger partial charge in [0.2, 0.25) is 10.0 Å². The molecule has 0 radical (unpaired) electrons. The van der Waals surface area contributed by atoms with Crippen LogP contribution in [-0.4, -0.2) is 35.7 Å². The number of nitrogens with zero attached hydrogens (tertiary/aromatic N) is 2. The molecule has 1 N–H and O–H groups in total. The first-order valence-electron chi connectivity index (χ1n) is 8.84. The van der Waals surface area contributed by atoms with Gasteiger partial charge in [-0.25, -0.2) is 8.42 Å². The number of rotatable bonds is 4. The number of nitrogens with one attached hydrogen (secondary N) is 1. The van der Waals surface area contributed by atoms with Crippen molar-refractivity contribution in [3.63, 3.8) is 0 Å². The molecule has 1 aliphatic rings. The molecule has 1 aliphatic heterocycles. The van der Waals surface area contributed by atoms with Gasteiger partial charge in [-0.15, -0.1) is 0 Å². The summed E-state index contributed by atoms with van der Waals surface area (Å²) in [7, 11) is -3.56. The van der Waals surface area contributed by atoms with Crippen molar-refractivity contribution in [1.29, 1.82) is 0 Å². The fourth-order valence-corrected chi connectivity index (χ4v) is 5.69. The molecule has 0 spiro atoms. The van der Waals surface area contributed by atoms with Gasteiger partial charge in [0.05, 0.1) is 10.5 Å². The lowest BCUT2D eigenvalue weighted by atomic mass is 10.0. The summed E-state index contributed by atoms with van der Waals surface area (Å²) in [5, 5.41) is 2.75. The predicted octanol–water partition coefficient (Wildman–Crippen LogP) is 4.05. The Morgan fingerprint density at radius 1 is 1.15 bits per heavy atom. The number of amides is 1. The molecular formula is C19H22BrN3O3S. The zero-order valence-corrected chi connectivity index (χ0v) is 17.6. The topological polar surface area (TPSA) is 79.4 Å². The number of aromatic nitrogens is 1. The fraction of sp³-hybridized carbons (Fsp3) is 0.368. The van der Waals surface area contributed by atoms with Crippen LogP contribution >= 0.6 is 15.9 Å². The molecular weight excluding hydrogens is 430 g/mol. The van der Waals surface area contributed by atoms with Gasteiger partial charge in [-0.05, 0) is 73.0 Å². The second-order valence-electron chi connectivity index (χ2n) is 6.83. The quantitative estimate of drug-likeness (QED) is 0.759. The lowest BCUT2D eigenvalue weighted by molar-refractivity contribution is 0.102. The Hall–Kier alpha value is -1.77. The van der Waals surface area contributed by atoms with E-state index >= 15 is 0 Å². The molecule has 3 rings (SSSR count). The van der Waals surface area contributed by atoms with Crippen molar-refractivity contribution in [3.05, 3.63) is 52.8 Å². The smallest absolute Gasteiger partial charge is 0.257 e. The second kappa shape index (κ2) is 8.08. The van der Waals surface area contributed by atoms with Crippen molar-refractivity contribution in [2.75, 3.05) is 5.32 Å². The molecule has 0 saturated carbocycles. The Labute approximate surface area is 168 Å². The Balaban J connectivity index is 1.77. The summed E-state index contributed by atoms with van der Waals surface area (Å²) in [5.41, 5.74) is 0.940.